The second-order valence-electron chi connectivity index (χ2n) is 6.75. The first-order chi connectivity index (χ1) is 13.1. The molecule has 0 saturated carbocycles. The number of urea groups is 1. The van der Waals surface area contributed by atoms with Crippen molar-refractivity contribution in [1.82, 2.24) is 10.6 Å². The lowest BCUT2D eigenvalue weighted by molar-refractivity contribution is -0.122. The number of hydrogen-bond donors (Lipinski definition) is 3. The third-order valence-electron chi connectivity index (χ3n) is 4.91. The smallest absolute Gasteiger partial charge is 0.312 e. The number of aryl methyl sites for hydroxylation is 1. The fraction of sp³-hybridized carbons (Fsp3) is 0.333. The number of fused-ring (bicyclic) bond motifs is 1. The Morgan fingerprint density at radius 3 is 2.70 bits per heavy atom. The zero-order valence-electron chi connectivity index (χ0n) is 15.4. The molecule has 0 radical (unpaired) electrons. The largest absolute Gasteiger partial charge is 0.497 e. The van der Waals surface area contributed by atoms with Crippen LogP contribution in [0.1, 0.15) is 48.0 Å². The Balaban J connectivity index is 1.72. The highest BCUT2D eigenvalue weighted by molar-refractivity contribution is 5.79. The molecule has 0 spiro atoms. The van der Waals surface area contributed by atoms with Crippen molar-refractivity contribution in [1.29, 1.82) is 0 Å². The molecular formula is C21H25N3O3. The molecule has 0 bridgehead atoms. The Morgan fingerprint density at radius 1 is 1.22 bits per heavy atom. The average Bonchev–Trinajstić information content (AvgIpc) is 2.67. The zero-order valence-corrected chi connectivity index (χ0v) is 15.4. The van der Waals surface area contributed by atoms with Crippen molar-refractivity contribution in [3.63, 3.8) is 0 Å². The van der Waals surface area contributed by atoms with Crippen LogP contribution >= 0.6 is 0 Å². The van der Waals surface area contributed by atoms with E-state index in [1.165, 1.54) is 5.56 Å². The minimum Gasteiger partial charge on any atom is -0.497 e. The normalized spacial score (nSPS) is 16.7. The van der Waals surface area contributed by atoms with E-state index < -0.39 is 12.1 Å². The summed E-state index contributed by atoms with van der Waals surface area (Å²) in [6, 6.07) is 14.2. The number of nitrogens with two attached hydrogens (primary N) is 1. The molecule has 27 heavy (non-hydrogen) atoms. The molecule has 2 atom stereocenters. The summed E-state index contributed by atoms with van der Waals surface area (Å²) in [5, 5.41) is 5.77. The molecule has 3 rings (SSSR count). The van der Waals surface area contributed by atoms with Crippen molar-refractivity contribution in [3.05, 3.63) is 65.2 Å². The molecule has 2 aromatic rings. The quantitative estimate of drug-likeness (QED) is 0.733. The van der Waals surface area contributed by atoms with Gasteiger partial charge >= 0.3 is 6.03 Å². The van der Waals surface area contributed by atoms with Gasteiger partial charge in [-0.2, -0.15) is 0 Å². The maximum absolute atomic E-state index is 12.7. The van der Waals surface area contributed by atoms with Crippen molar-refractivity contribution in [3.8, 4) is 5.75 Å². The van der Waals surface area contributed by atoms with Gasteiger partial charge in [-0.1, -0.05) is 36.4 Å². The molecule has 0 fully saturated rings. The van der Waals surface area contributed by atoms with E-state index in [1.54, 1.807) is 7.11 Å². The van der Waals surface area contributed by atoms with Gasteiger partial charge in [0, 0.05) is 0 Å². The maximum Gasteiger partial charge on any atom is 0.312 e. The fourth-order valence-electron chi connectivity index (χ4n) is 3.60. The minimum atomic E-state index is -0.649. The maximum atomic E-state index is 12.7. The zero-order chi connectivity index (χ0) is 19.2. The molecule has 1 aliphatic carbocycles. The highest BCUT2D eigenvalue weighted by atomic mass is 16.5. The highest BCUT2D eigenvalue weighted by Gasteiger charge is 2.24. The van der Waals surface area contributed by atoms with Gasteiger partial charge in [-0.3, -0.25) is 4.79 Å². The summed E-state index contributed by atoms with van der Waals surface area (Å²) in [7, 11) is 1.64. The van der Waals surface area contributed by atoms with Gasteiger partial charge < -0.3 is 21.1 Å². The molecule has 0 saturated heterocycles. The number of hydrogen-bond acceptors (Lipinski definition) is 3. The third-order valence-corrected chi connectivity index (χ3v) is 4.91. The van der Waals surface area contributed by atoms with E-state index >= 15 is 0 Å². The van der Waals surface area contributed by atoms with Crippen LogP contribution in [0.5, 0.6) is 5.75 Å². The number of benzene rings is 2. The first-order valence-electron chi connectivity index (χ1n) is 9.14. The van der Waals surface area contributed by atoms with Gasteiger partial charge in [0.05, 0.1) is 25.6 Å². The van der Waals surface area contributed by atoms with Gasteiger partial charge in [-0.25, -0.2) is 4.79 Å². The fourth-order valence-corrected chi connectivity index (χ4v) is 3.60. The summed E-state index contributed by atoms with van der Waals surface area (Å²) in [6.45, 7) is 0. The summed E-state index contributed by atoms with van der Waals surface area (Å²) >= 11 is 0. The topological polar surface area (TPSA) is 93.4 Å². The number of carbonyl (C=O) groups is 2. The second-order valence-corrected chi connectivity index (χ2v) is 6.75. The summed E-state index contributed by atoms with van der Waals surface area (Å²) in [5.41, 5.74) is 8.48. The van der Waals surface area contributed by atoms with E-state index in [1.807, 2.05) is 42.5 Å². The van der Waals surface area contributed by atoms with Crippen LogP contribution in [0, 0.1) is 0 Å². The van der Waals surface area contributed by atoms with Crippen LogP contribution in [0.3, 0.4) is 0 Å². The average molecular weight is 367 g/mol. The number of methoxy groups -OCH3 is 1. The van der Waals surface area contributed by atoms with Gasteiger partial charge in [-0.05, 0) is 48.1 Å². The molecule has 0 heterocycles. The predicted octanol–water partition coefficient (Wildman–Crippen LogP) is 2.99. The molecular weight excluding hydrogens is 342 g/mol. The molecule has 142 valence electrons. The number of ether oxygens (including phenoxy) is 1. The molecule has 3 amide bonds. The van der Waals surface area contributed by atoms with E-state index in [4.69, 9.17) is 10.5 Å². The number of amides is 3. The van der Waals surface area contributed by atoms with Gasteiger partial charge in [0.15, 0.2) is 0 Å². The predicted molar refractivity (Wildman–Crippen MR) is 103 cm³/mol. The summed E-state index contributed by atoms with van der Waals surface area (Å²) in [4.78, 5) is 24.1. The van der Waals surface area contributed by atoms with Gasteiger partial charge in [0.1, 0.15) is 5.75 Å². The third kappa shape index (κ3) is 4.78. The summed E-state index contributed by atoms with van der Waals surface area (Å²) in [6.07, 6.45) is 3.03. The number of carbonyl (C=O) groups excluding carboxylic acids is 2. The van der Waals surface area contributed by atoms with Gasteiger partial charge in [-0.15, -0.1) is 0 Å². The Labute approximate surface area is 159 Å². The first kappa shape index (κ1) is 18.8. The van der Waals surface area contributed by atoms with Crippen molar-refractivity contribution < 1.29 is 14.3 Å². The molecule has 6 nitrogen and oxygen atoms in total. The number of nitrogens with one attached hydrogen (secondary N) is 2. The standard InChI is InChI=1S/C21H25N3O3/c1-27-16-11-10-14-8-5-9-18(17(14)12-16)23-20(25)13-19(24-21(22)26)15-6-3-2-4-7-15/h2-4,6-7,10-12,18-19H,5,8-9,13H2,1H3,(H,23,25)(H3,22,24,26). The Kier molecular flexibility index (Phi) is 5.96. The van der Waals surface area contributed by atoms with Crippen molar-refractivity contribution in [2.24, 2.45) is 5.73 Å². The molecule has 0 aromatic heterocycles. The monoisotopic (exact) mass is 367 g/mol. The lowest BCUT2D eigenvalue weighted by atomic mass is 9.87. The minimum absolute atomic E-state index is 0.0543. The van der Waals surface area contributed by atoms with Crippen LogP contribution < -0.4 is 21.1 Å². The van der Waals surface area contributed by atoms with Gasteiger partial charge in [0.2, 0.25) is 5.91 Å². The van der Waals surface area contributed by atoms with E-state index in [9.17, 15) is 9.59 Å². The molecule has 4 N–H and O–H groups in total. The van der Waals surface area contributed by atoms with Crippen LogP contribution in [0.25, 0.3) is 0 Å². The van der Waals surface area contributed by atoms with E-state index in [2.05, 4.69) is 16.7 Å². The molecule has 1 aliphatic rings. The summed E-state index contributed by atoms with van der Waals surface area (Å²) < 4.78 is 5.33. The Bertz CT molecular complexity index is 808. The Hall–Kier alpha value is -3.02. The van der Waals surface area contributed by atoms with E-state index in [0.29, 0.717) is 0 Å². The van der Waals surface area contributed by atoms with Crippen LogP contribution in [-0.2, 0) is 11.2 Å². The highest BCUT2D eigenvalue weighted by Crippen LogP contribution is 2.32. The van der Waals surface area contributed by atoms with Crippen molar-refractivity contribution >= 4 is 11.9 Å². The van der Waals surface area contributed by atoms with Crippen LogP contribution in [0.4, 0.5) is 4.79 Å². The van der Waals surface area contributed by atoms with E-state index in [0.717, 1.165) is 36.1 Å². The van der Waals surface area contributed by atoms with Crippen LogP contribution in [0.15, 0.2) is 48.5 Å². The van der Waals surface area contributed by atoms with E-state index in [-0.39, 0.29) is 18.4 Å². The lowest BCUT2D eigenvalue weighted by Crippen LogP contribution is -2.38. The second kappa shape index (κ2) is 8.58. The molecule has 0 aliphatic heterocycles. The van der Waals surface area contributed by atoms with Crippen molar-refractivity contribution in [2.75, 3.05) is 7.11 Å². The lowest BCUT2D eigenvalue weighted by Gasteiger charge is -2.28. The Morgan fingerprint density at radius 2 is 2.00 bits per heavy atom. The van der Waals surface area contributed by atoms with Crippen LogP contribution in [-0.4, -0.2) is 19.0 Å². The van der Waals surface area contributed by atoms with Gasteiger partial charge in [0.25, 0.3) is 0 Å². The molecule has 6 heteroatoms. The first-order valence-corrected chi connectivity index (χ1v) is 9.14. The van der Waals surface area contributed by atoms with Crippen LogP contribution in [0.2, 0.25) is 0 Å². The molecule has 2 aromatic carbocycles. The van der Waals surface area contributed by atoms with Crippen molar-refractivity contribution in [2.45, 2.75) is 37.8 Å². The summed E-state index contributed by atoms with van der Waals surface area (Å²) in [5.74, 6) is 0.658. The SMILES string of the molecule is COc1ccc2c(c1)C(NC(=O)CC(NC(N)=O)c1ccccc1)CCC2. The molecule has 2 unspecified atom stereocenters. The number of rotatable bonds is 6. The number of primary amides is 1.